The van der Waals surface area contributed by atoms with Crippen LogP contribution in [0.5, 0.6) is 0 Å². The van der Waals surface area contributed by atoms with Crippen LogP contribution in [0, 0.1) is 0 Å². The molecule has 0 saturated carbocycles. The van der Waals surface area contributed by atoms with Crippen LogP contribution in [0.2, 0.25) is 5.02 Å². The summed E-state index contributed by atoms with van der Waals surface area (Å²) in [5, 5.41) is 7.61. The first-order valence-electron chi connectivity index (χ1n) is 13.1. The standard InChI is InChI=1S/C32H30ClN5/c1-2-37-17-19-38(20-18-37)28-14-12-27(13-15-28)34-32-29-21-24-5-3-4-6-25(24)22-30(29)35-31(36-32)16-9-23-7-10-26(33)11-8-23/h3-16,21-22H,2,17-20H2,1H3,(H,34,35,36)/b16-9+. The molecule has 0 unspecified atom stereocenters. The summed E-state index contributed by atoms with van der Waals surface area (Å²) in [4.78, 5) is 14.7. The molecule has 0 bridgehead atoms. The van der Waals surface area contributed by atoms with Gasteiger partial charge in [-0.05, 0) is 77.5 Å². The van der Waals surface area contributed by atoms with Crippen LogP contribution in [0.25, 0.3) is 33.8 Å². The highest BCUT2D eigenvalue weighted by Gasteiger charge is 2.16. The van der Waals surface area contributed by atoms with Crippen LogP contribution in [0.15, 0.2) is 84.9 Å². The maximum Gasteiger partial charge on any atom is 0.154 e. The number of likely N-dealkylation sites (N-methyl/N-ethyl adjacent to an activating group) is 1. The van der Waals surface area contributed by atoms with Gasteiger partial charge in [-0.15, -0.1) is 0 Å². The van der Waals surface area contributed by atoms with Crippen molar-refractivity contribution in [2.45, 2.75) is 6.92 Å². The predicted octanol–water partition coefficient (Wildman–Crippen LogP) is 7.49. The lowest BCUT2D eigenvalue weighted by Crippen LogP contribution is -2.46. The van der Waals surface area contributed by atoms with Crippen molar-refractivity contribution in [1.29, 1.82) is 0 Å². The van der Waals surface area contributed by atoms with E-state index in [-0.39, 0.29) is 0 Å². The van der Waals surface area contributed by atoms with E-state index >= 15 is 0 Å². The Balaban J connectivity index is 1.32. The van der Waals surface area contributed by atoms with Crippen molar-refractivity contribution < 1.29 is 0 Å². The predicted molar refractivity (Wildman–Crippen MR) is 161 cm³/mol. The number of hydrogen-bond donors (Lipinski definition) is 1. The molecule has 6 rings (SSSR count). The molecule has 1 fully saturated rings. The quantitative estimate of drug-likeness (QED) is 0.235. The fraction of sp³-hybridized carbons (Fsp3) is 0.188. The third-order valence-corrected chi connectivity index (χ3v) is 7.44. The smallest absolute Gasteiger partial charge is 0.154 e. The van der Waals surface area contributed by atoms with Crippen LogP contribution in [0.1, 0.15) is 18.3 Å². The summed E-state index contributed by atoms with van der Waals surface area (Å²) < 4.78 is 0. The van der Waals surface area contributed by atoms with Crippen LogP contribution in [-0.2, 0) is 0 Å². The zero-order valence-corrected chi connectivity index (χ0v) is 22.2. The number of aromatic nitrogens is 2. The minimum atomic E-state index is 0.649. The number of rotatable bonds is 6. The number of piperazine rings is 1. The molecule has 1 saturated heterocycles. The second-order valence-corrected chi connectivity index (χ2v) is 10.1. The van der Waals surface area contributed by atoms with Crippen LogP contribution in [-0.4, -0.2) is 47.6 Å². The van der Waals surface area contributed by atoms with Crippen molar-refractivity contribution in [2.24, 2.45) is 0 Å². The Morgan fingerprint density at radius 1 is 0.816 bits per heavy atom. The molecule has 5 nitrogen and oxygen atoms in total. The first kappa shape index (κ1) is 24.4. The van der Waals surface area contributed by atoms with Gasteiger partial charge in [0.2, 0.25) is 0 Å². The van der Waals surface area contributed by atoms with Crippen molar-refractivity contribution >= 4 is 62.6 Å². The molecular weight excluding hydrogens is 490 g/mol. The van der Waals surface area contributed by atoms with Crippen molar-refractivity contribution in [3.05, 3.63) is 101 Å². The van der Waals surface area contributed by atoms with Gasteiger partial charge in [-0.25, -0.2) is 9.97 Å². The van der Waals surface area contributed by atoms with Gasteiger partial charge in [0.05, 0.1) is 5.52 Å². The number of anilines is 3. The molecule has 0 spiro atoms. The average Bonchev–Trinajstić information content (AvgIpc) is 2.96. The fourth-order valence-electron chi connectivity index (χ4n) is 4.96. The Morgan fingerprint density at radius 2 is 1.53 bits per heavy atom. The highest BCUT2D eigenvalue weighted by molar-refractivity contribution is 6.30. The van der Waals surface area contributed by atoms with Crippen molar-refractivity contribution in [2.75, 3.05) is 42.9 Å². The number of halogens is 1. The first-order valence-corrected chi connectivity index (χ1v) is 13.5. The fourth-order valence-corrected chi connectivity index (χ4v) is 5.09. The number of nitrogens with zero attached hydrogens (tertiary/aromatic N) is 4. The van der Waals surface area contributed by atoms with E-state index in [9.17, 15) is 0 Å². The highest BCUT2D eigenvalue weighted by Crippen LogP contribution is 2.30. The molecule has 0 aliphatic carbocycles. The van der Waals surface area contributed by atoms with E-state index in [0.29, 0.717) is 5.82 Å². The van der Waals surface area contributed by atoms with Crippen LogP contribution < -0.4 is 10.2 Å². The molecule has 190 valence electrons. The van der Waals surface area contributed by atoms with Crippen molar-refractivity contribution in [3.63, 3.8) is 0 Å². The highest BCUT2D eigenvalue weighted by atomic mass is 35.5. The van der Waals surface area contributed by atoms with E-state index in [2.05, 4.69) is 82.7 Å². The molecule has 1 N–H and O–H groups in total. The summed E-state index contributed by atoms with van der Waals surface area (Å²) in [6, 6.07) is 29.1. The molecule has 1 aliphatic heterocycles. The molecule has 4 aromatic carbocycles. The van der Waals surface area contributed by atoms with Gasteiger partial charge >= 0.3 is 0 Å². The number of hydrogen-bond acceptors (Lipinski definition) is 5. The SMILES string of the molecule is CCN1CCN(c2ccc(Nc3nc(/C=C/c4ccc(Cl)cc4)nc4cc5ccccc5cc34)cc2)CC1. The maximum atomic E-state index is 6.04. The molecule has 38 heavy (non-hydrogen) atoms. The van der Waals surface area contributed by atoms with Gasteiger partial charge in [-0.1, -0.05) is 61.0 Å². The molecule has 6 heteroatoms. The molecule has 0 radical (unpaired) electrons. The summed E-state index contributed by atoms with van der Waals surface area (Å²) in [7, 11) is 0. The Hall–Kier alpha value is -3.93. The second kappa shape index (κ2) is 10.8. The van der Waals surface area contributed by atoms with Gasteiger partial charge < -0.3 is 15.1 Å². The van der Waals surface area contributed by atoms with E-state index < -0.39 is 0 Å². The minimum Gasteiger partial charge on any atom is -0.369 e. The summed E-state index contributed by atoms with van der Waals surface area (Å²) in [5.41, 5.74) is 4.21. The van der Waals surface area contributed by atoms with Gasteiger partial charge in [0.1, 0.15) is 5.82 Å². The zero-order valence-electron chi connectivity index (χ0n) is 21.4. The number of fused-ring (bicyclic) bond motifs is 2. The Morgan fingerprint density at radius 3 is 2.24 bits per heavy atom. The second-order valence-electron chi connectivity index (χ2n) is 9.62. The van der Waals surface area contributed by atoms with Gasteiger partial charge in [0.25, 0.3) is 0 Å². The van der Waals surface area contributed by atoms with Gasteiger partial charge in [0.15, 0.2) is 5.82 Å². The third-order valence-electron chi connectivity index (χ3n) is 7.19. The summed E-state index contributed by atoms with van der Waals surface area (Å²) in [6.45, 7) is 7.71. The van der Waals surface area contributed by atoms with E-state index in [1.54, 1.807) is 0 Å². The monoisotopic (exact) mass is 519 g/mol. The van der Waals surface area contributed by atoms with E-state index in [1.165, 1.54) is 5.69 Å². The maximum absolute atomic E-state index is 6.04. The lowest BCUT2D eigenvalue weighted by Gasteiger charge is -2.35. The summed E-state index contributed by atoms with van der Waals surface area (Å²) in [6.07, 6.45) is 3.96. The topological polar surface area (TPSA) is 44.3 Å². The van der Waals surface area contributed by atoms with Crippen LogP contribution in [0.4, 0.5) is 17.2 Å². The molecule has 1 aromatic heterocycles. The molecule has 0 amide bonds. The minimum absolute atomic E-state index is 0.649. The molecule has 5 aromatic rings. The van der Waals surface area contributed by atoms with E-state index in [0.717, 1.165) is 76.5 Å². The lowest BCUT2D eigenvalue weighted by atomic mass is 10.1. The normalized spacial score (nSPS) is 14.5. The Labute approximate surface area is 228 Å². The zero-order chi connectivity index (χ0) is 25.9. The van der Waals surface area contributed by atoms with Gasteiger partial charge in [-0.2, -0.15) is 0 Å². The molecule has 1 aliphatic rings. The first-order chi connectivity index (χ1) is 18.6. The van der Waals surface area contributed by atoms with Crippen LogP contribution in [0.3, 0.4) is 0 Å². The third kappa shape index (κ3) is 5.35. The summed E-state index contributed by atoms with van der Waals surface area (Å²) >= 11 is 6.04. The number of benzene rings is 4. The van der Waals surface area contributed by atoms with Crippen LogP contribution >= 0.6 is 11.6 Å². The van der Waals surface area contributed by atoms with Crippen molar-refractivity contribution in [3.8, 4) is 0 Å². The largest absolute Gasteiger partial charge is 0.369 e. The lowest BCUT2D eigenvalue weighted by molar-refractivity contribution is 0.271. The van der Waals surface area contributed by atoms with E-state index in [1.807, 2.05) is 36.4 Å². The Bertz CT molecular complexity index is 1590. The number of nitrogens with one attached hydrogen (secondary N) is 1. The molecule has 2 heterocycles. The Kier molecular flexibility index (Phi) is 6.95. The van der Waals surface area contributed by atoms with Gasteiger partial charge in [-0.3, -0.25) is 0 Å². The van der Waals surface area contributed by atoms with Gasteiger partial charge in [0, 0.05) is 48.0 Å². The van der Waals surface area contributed by atoms with E-state index in [4.69, 9.17) is 21.6 Å². The molecular formula is C32H30ClN5. The average molecular weight is 520 g/mol. The van der Waals surface area contributed by atoms with Crippen molar-refractivity contribution in [1.82, 2.24) is 14.9 Å². The summed E-state index contributed by atoms with van der Waals surface area (Å²) in [5.74, 6) is 1.44. The molecule has 0 atom stereocenters.